The summed E-state index contributed by atoms with van der Waals surface area (Å²) in [4.78, 5) is 0. The highest BCUT2D eigenvalue weighted by atomic mass is 127. The molecule has 0 saturated heterocycles. The van der Waals surface area contributed by atoms with Gasteiger partial charge >= 0.3 is 0 Å². The van der Waals surface area contributed by atoms with Crippen molar-refractivity contribution < 1.29 is 0 Å². The first kappa shape index (κ1) is 16.5. The van der Waals surface area contributed by atoms with Crippen molar-refractivity contribution in [2.24, 2.45) is 11.3 Å². The average Bonchev–Trinajstić information content (AvgIpc) is 3.01. The summed E-state index contributed by atoms with van der Waals surface area (Å²) in [5.74, 6) is 1.01. The van der Waals surface area contributed by atoms with Crippen LogP contribution >= 0.6 is 22.6 Å². The lowest BCUT2D eigenvalue weighted by atomic mass is 9.84. The summed E-state index contributed by atoms with van der Waals surface area (Å²) < 4.78 is 1.70. The van der Waals surface area contributed by atoms with E-state index in [1.807, 2.05) is 5.57 Å². The molecular formula is C17H31I. The van der Waals surface area contributed by atoms with Gasteiger partial charge in [0.1, 0.15) is 0 Å². The minimum absolute atomic E-state index is 0.631. The zero-order chi connectivity index (χ0) is 13.6. The monoisotopic (exact) mass is 362 g/mol. The molecule has 0 aromatic heterocycles. The first-order chi connectivity index (χ1) is 8.66. The molecule has 0 heterocycles. The van der Waals surface area contributed by atoms with Gasteiger partial charge in [-0.1, -0.05) is 59.0 Å². The van der Waals surface area contributed by atoms with Crippen LogP contribution in [-0.2, 0) is 0 Å². The number of hydrogen-bond donors (Lipinski definition) is 0. The van der Waals surface area contributed by atoms with Crippen molar-refractivity contribution in [3.8, 4) is 0 Å². The highest BCUT2D eigenvalue weighted by Gasteiger charge is 2.54. The van der Waals surface area contributed by atoms with Crippen LogP contribution in [-0.4, -0.2) is 0 Å². The van der Waals surface area contributed by atoms with Crippen molar-refractivity contribution in [3.05, 3.63) is 9.15 Å². The molecule has 0 aliphatic heterocycles. The highest BCUT2D eigenvalue weighted by molar-refractivity contribution is 14.1. The van der Waals surface area contributed by atoms with Crippen LogP contribution in [0.1, 0.15) is 85.5 Å². The van der Waals surface area contributed by atoms with Gasteiger partial charge in [0, 0.05) is 0 Å². The van der Waals surface area contributed by atoms with Crippen LogP contribution in [0.15, 0.2) is 9.15 Å². The highest BCUT2D eigenvalue weighted by Crippen LogP contribution is 2.64. The summed E-state index contributed by atoms with van der Waals surface area (Å²) in [7, 11) is 0. The maximum absolute atomic E-state index is 2.65. The minimum Gasteiger partial charge on any atom is -0.0654 e. The van der Waals surface area contributed by atoms with E-state index in [1.165, 1.54) is 57.8 Å². The molecule has 1 aliphatic carbocycles. The third-order valence-corrected chi connectivity index (χ3v) is 5.65. The Morgan fingerprint density at radius 2 is 1.67 bits per heavy atom. The van der Waals surface area contributed by atoms with Gasteiger partial charge < -0.3 is 0 Å². The Kier molecular flexibility index (Phi) is 7.27. The summed E-state index contributed by atoms with van der Waals surface area (Å²) >= 11 is 2.65. The second kappa shape index (κ2) is 7.91. The number of hydrogen-bond acceptors (Lipinski definition) is 0. The molecule has 106 valence electrons. The van der Waals surface area contributed by atoms with Crippen LogP contribution < -0.4 is 0 Å². The predicted octanol–water partition coefficient (Wildman–Crippen LogP) is 6.88. The van der Waals surface area contributed by atoms with Crippen molar-refractivity contribution in [2.45, 2.75) is 85.5 Å². The summed E-state index contributed by atoms with van der Waals surface area (Å²) in [6.45, 7) is 9.35. The molecule has 1 saturated carbocycles. The van der Waals surface area contributed by atoms with Gasteiger partial charge in [-0.05, 0) is 69.6 Å². The fourth-order valence-corrected chi connectivity index (χ4v) is 5.00. The van der Waals surface area contributed by atoms with Crippen LogP contribution in [0.2, 0.25) is 0 Å². The summed E-state index contributed by atoms with van der Waals surface area (Å²) in [5.41, 5.74) is 2.49. The maximum atomic E-state index is 2.65. The lowest BCUT2D eigenvalue weighted by Gasteiger charge is -2.23. The van der Waals surface area contributed by atoms with Crippen molar-refractivity contribution in [3.63, 3.8) is 0 Å². The molecule has 0 nitrogen and oxygen atoms in total. The van der Waals surface area contributed by atoms with Crippen LogP contribution in [0.4, 0.5) is 0 Å². The third kappa shape index (κ3) is 3.74. The zero-order valence-electron chi connectivity index (χ0n) is 12.8. The van der Waals surface area contributed by atoms with Crippen molar-refractivity contribution in [1.82, 2.24) is 0 Å². The van der Waals surface area contributed by atoms with E-state index in [4.69, 9.17) is 0 Å². The maximum Gasteiger partial charge on any atom is -0.00464 e. The van der Waals surface area contributed by atoms with Gasteiger partial charge in [0.15, 0.2) is 0 Å². The number of rotatable bonds is 9. The van der Waals surface area contributed by atoms with Crippen molar-refractivity contribution in [2.75, 3.05) is 0 Å². The molecular weight excluding hydrogens is 331 g/mol. The van der Waals surface area contributed by atoms with Gasteiger partial charge in [-0.25, -0.2) is 0 Å². The largest absolute Gasteiger partial charge is 0.0654 e. The summed E-state index contributed by atoms with van der Waals surface area (Å²) in [5, 5.41) is 0. The molecule has 0 N–H and O–H groups in total. The lowest BCUT2D eigenvalue weighted by Crippen LogP contribution is -2.10. The van der Waals surface area contributed by atoms with Gasteiger partial charge in [-0.15, -0.1) is 0 Å². The molecule has 18 heavy (non-hydrogen) atoms. The second-order valence-corrected chi connectivity index (χ2v) is 7.28. The molecule has 1 fully saturated rings. The molecule has 2 atom stereocenters. The molecule has 0 spiro atoms. The minimum atomic E-state index is 0.631. The normalized spacial score (nSPS) is 28.2. The lowest BCUT2D eigenvalue weighted by molar-refractivity contribution is 0.447. The molecule has 0 bridgehead atoms. The standard InChI is InChI=1S/C17H31I/c1-5-9-14-13-17(14,12-8-4)15(10-6-2)16(18)11-7-3/h14H,5-13H2,1-4H3/b16-15-. The molecule has 1 aliphatic rings. The Morgan fingerprint density at radius 1 is 1.00 bits per heavy atom. The van der Waals surface area contributed by atoms with Gasteiger partial charge in [0.25, 0.3) is 0 Å². The Balaban J connectivity index is 2.90. The molecule has 0 radical (unpaired) electrons. The first-order valence-electron chi connectivity index (χ1n) is 8.04. The molecule has 0 amide bonds. The van der Waals surface area contributed by atoms with Gasteiger partial charge in [-0.2, -0.15) is 0 Å². The second-order valence-electron chi connectivity index (χ2n) is 5.98. The molecule has 0 aromatic rings. The Morgan fingerprint density at radius 3 is 2.17 bits per heavy atom. The molecule has 1 rings (SSSR count). The van der Waals surface area contributed by atoms with E-state index in [1.54, 1.807) is 3.58 Å². The molecule has 0 aromatic carbocycles. The molecule has 2 unspecified atom stereocenters. The van der Waals surface area contributed by atoms with Gasteiger partial charge in [0.2, 0.25) is 0 Å². The Labute approximate surface area is 128 Å². The van der Waals surface area contributed by atoms with Crippen LogP contribution in [0.3, 0.4) is 0 Å². The van der Waals surface area contributed by atoms with Gasteiger partial charge in [0.05, 0.1) is 0 Å². The smallest absolute Gasteiger partial charge is 0.00464 e. The number of halogens is 1. The van der Waals surface area contributed by atoms with E-state index in [0.29, 0.717) is 5.41 Å². The average molecular weight is 362 g/mol. The first-order valence-corrected chi connectivity index (χ1v) is 9.12. The topological polar surface area (TPSA) is 0 Å². The van der Waals surface area contributed by atoms with E-state index in [9.17, 15) is 0 Å². The Hall–Kier alpha value is 0.470. The predicted molar refractivity (Wildman–Crippen MR) is 91.2 cm³/mol. The van der Waals surface area contributed by atoms with E-state index in [2.05, 4.69) is 50.3 Å². The van der Waals surface area contributed by atoms with E-state index in [-0.39, 0.29) is 0 Å². The van der Waals surface area contributed by atoms with E-state index < -0.39 is 0 Å². The summed E-state index contributed by atoms with van der Waals surface area (Å²) in [6, 6.07) is 0. The SMILES string of the molecule is CCC/C(I)=C(\CCC)C1(CCC)CC1CCC. The van der Waals surface area contributed by atoms with E-state index in [0.717, 1.165) is 5.92 Å². The fraction of sp³-hybridized carbons (Fsp3) is 0.882. The Bertz CT molecular complexity index is 279. The van der Waals surface area contributed by atoms with Gasteiger partial charge in [-0.3, -0.25) is 0 Å². The van der Waals surface area contributed by atoms with Crippen LogP contribution in [0.25, 0.3) is 0 Å². The third-order valence-electron chi connectivity index (χ3n) is 4.46. The fourth-order valence-electron chi connectivity index (χ4n) is 3.66. The summed E-state index contributed by atoms with van der Waals surface area (Å²) in [6.07, 6.45) is 12.3. The van der Waals surface area contributed by atoms with Crippen molar-refractivity contribution in [1.29, 1.82) is 0 Å². The van der Waals surface area contributed by atoms with Crippen LogP contribution in [0, 0.1) is 11.3 Å². The van der Waals surface area contributed by atoms with Crippen molar-refractivity contribution >= 4 is 22.6 Å². The zero-order valence-corrected chi connectivity index (χ0v) is 15.0. The molecule has 1 heteroatoms. The number of allylic oxidation sites excluding steroid dienone is 2. The quantitative estimate of drug-likeness (QED) is 0.392. The van der Waals surface area contributed by atoms with E-state index >= 15 is 0 Å². The van der Waals surface area contributed by atoms with Crippen LogP contribution in [0.5, 0.6) is 0 Å².